The molecule has 0 spiro atoms. The van der Waals surface area contributed by atoms with Crippen LogP contribution in [0, 0.1) is 5.92 Å². The van der Waals surface area contributed by atoms with Crippen molar-refractivity contribution < 1.29 is 14.7 Å². The SMILES string of the molecule is O=C(C[C@H]1CC[C@@H](CNC(=O)c2cnn3cccnc23)N1CC1CC1)NCCO. The summed E-state index contributed by atoms with van der Waals surface area (Å²) in [6.45, 7) is 1.78. The number of carbonyl (C=O) groups is 2. The molecular weight excluding hydrogens is 372 g/mol. The summed E-state index contributed by atoms with van der Waals surface area (Å²) < 4.78 is 1.59. The molecule has 4 rings (SSSR count). The third-order valence-electron chi connectivity index (χ3n) is 5.81. The van der Waals surface area contributed by atoms with E-state index in [1.54, 1.807) is 29.2 Å². The molecule has 156 valence electrons. The zero-order chi connectivity index (χ0) is 20.2. The molecule has 0 aromatic carbocycles. The Hall–Kier alpha value is -2.52. The fraction of sp³-hybridized carbons (Fsp3) is 0.600. The maximum atomic E-state index is 12.7. The van der Waals surface area contributed by atoms with Gasteiger partial charge in [-0.3, -0.25) is 14.5 Å². The fourth-order valence-corrected chi connectivity index (χ4v) is 4.12. The predicted octanol–water partition coefficient (Wildman–Crippen LogP) is 0.201. The van der Waals surface area contributed by atoms with E-state index in [9.17, 15) is 9.59 Å². The van der Waals surface area contributed by atoms with Gasteiger partial charge >= 0.3 is 0 Å². The van der Waals surface area contributed by atoms with Crippen LogP contribution in [0.1, 0.15) is 42.5 Å². The van der Waals surface area contributed by atoms with Gasteiger partial charge in [-0.25, -0.2) is 9.50 Å². The summed E-state index contributed by atoms with van der Waals surface area (Å²) in [5.41, 5.74) is 1.02. The monoisotopic (exact) mass is 400 g/mol. The summed E-state index contributed by atoms with van der Waals surface area (Å²) in [5, 5.41) is 18.9. The van der Waals surface area contributed by atoms with Crippen LogP contribution in [0.15, 0.2) is 24.7 Å². The predicted molar refractivity (Wildman–Crippen MR) is 106 cm³/mol. The van der Waals surface area contributed by atoms with Crippen molar-refractivity contribution >= 4 is 17.5 Å². The van der Waals surface area contributed by atoms with E-state index in [4.69, 9.17) is 5.11 Å². The molecule has 1 aliphatic carbocycles. The minimum Gasteiger partial charge on any atom is -0.395 e. The van der Waals surface area contributed by atoms with Crippen LogP contribution in [-0.4, -0.2) is 74.7 Å². The molecule has 9 nitrogen and oxygen atoms in total. The Kier molecular flexibility index (Phi) is 6.05. The largest absolute Gasteiger partial charge is 0.395 e. The molecule has 3 N–H and O–H groups in total. The van der Waals surface area contributed by atoms with Crippen molar-refractivity contribution in [2.24, 2.45) is 5.92 Å². The summed E-state index contributed by atoms with van der Waals surface area (Å²) in [7, 11) is 0. The van der Waals surface area contributed by atoms with Crippen molar-refractivity contribution in [1.82, 2.24) is 30.1 Å². The topological polar surface area (TPSA) is 112 Å². The van der Waals surface area contributed by atoms with Crippen LogP contribution >= 0.6 is 0 Å². The van der Waals surface area contributed by atoms with Gasteiger partial charge < -0.3 is 15.7 Å². The van der Waals surface area contributed by atoms with Gasteiger partial charge in [-0.05, 0) is 37.7 Å². The third-order valence-corrected chi connectivity index (χ3v) is 5.81. The Morgan fingerprint density at radius 1 is 1.17 bits per heavy atom. The Labute approximate surface area is 169 Å². The summed E-state index contributed by atoms with van der Waals surface area (Å²) in [6.07, 6.45) is 9.78. The lowest BCUT2D eigenvalue weighted by Gasteiger charge is -2.30. The number of aliphatic hydroxyl groups is 1. The smallest absolute Gasteiger partial charge is 0.256 e. The number of nitrogens with zero attached hydrogens (tertiary/aromatic N) is 4. The maximum Gasteiger partial charge on any atom is 0.256 e. The number of hydrogen-bond acceptors (Lipinski definition) is 6. The summed E-state index contributed by atoms with van der Waals surface area (Å²) >= 11 is 0. The second-order valence-electron chi connectivity index (χ2n) is 7.96. The Bertz CT molecular complexity index is 865. The maximum absolute atomic E-state index is 12.7. The van der Waals surface area contributed by atoms with Crippen molar-refractivity contribution in [3.8, 4) is 0 Å². The van der Waals surface area contributed by atoms with Gasteiger partial charge in [-0.15, -0.1) is 0 Å². The fourth-order valence-electron chi connectivity index (χ4n) is 4.12. The van der Waals surface area contributed by atoms with Crippen LogP contribution in [0.4, 0.5) is 0 Å². The minimum atomic E-state index is -0.172. The van der Waals surface area contributed by atoms with Crippen molar-refractivity contribution in [3.63, 3.8) is 0 Å². The zero-order valence-electron chi connectivity index (χ0n) is 16.5. The van der Waals surface area contributed by atoms with E-state index in [0.29, 0.717) is 36.6 Å². The van der Waals surface area contributed by atoms with Crippen LogP contribution in [0.25, 0.3) is 5.65 Å². The Morgan fingerprint density at radius 3 is 2.79 bits per heavy atom. The van der Waals surface area contributed by atoms with E-state index in [2.05, 4.69) is 25.6 Å². The summed E-state index contributed by atoms with van der Waals surface area (Å²) in [6, 6.07) is 2.19. The molecular formula is C20H28N6O3. The number of aromatic nitrogens is 3. The standard InChI is InChI=1S/C20H28N6O3/c27-9-7-21-18(28)10-15-4-5-16(25(15)13-14-2-3-14)11-23-20(29)17-12-24-26-8-1-6-22-19(17)26/h1,6,8,12,14-16,27H,2-5,7,9-11,13H2,(H,21,28)(H,23,29)/t15-,16+/m1/s1. The minimum absolute atomic E-state index is 0.0213. The van der Waals surface area contributed by atoms with E-state index in [-0.39, 0.29) is 30.5 Å². The summed E-state index contributed by atoms with van der Waals surface area (Å²) in [4.78, 5) is 31.5. The van der Waals surface area contributed by atoms with Crippen LogP contribution in [0.3, 0.4) is 0 Å². The van der Waals surface area contributed by atoms with Crippen LogP contribution in [0.2, 0.25) is 0 Å². The quantitative estimate of drug-likeness (QED) is 0.554. The molecule has 0 unspecified atom stereocenters. The Morgan fingerprint density at radius 2 is 2.00 bits per heavy atom. The average Bonchev–Trinajstić information content (AvgIpc) is 3.32. The van der Waals surface area contributed by atoms with Crippen molar-refractivity contribution in [2.75, 3.05) is 26.2 Å². The lowest BCUT2D eigenvalue weighted by Crippen LogP contribution is -2.45. The molecule has 9 heteroatoms. The molecule has 29 heavy (non-hydrogen) atoms. The first-order valence-corrected chi connectivity index (χ1v) is 10.4. The average molecular weight is 400 g/mol. The van der Waals surface area contributed by atoms with E-state index in [1.165, 1.54) is 12.8 Å². The number of aliphatic hydroxyl groups excluding tert-OH is 1. The highest BCUT2D eigenvalue weighted by Gasteiger charge is 2.38. The van der Waals surface area contributed by atoms with E-state index in [1.807, 2.05) is 0 Å². The number of hydrogen-bond donors (Lipinski definition) is 3. The molecule has 2 aromatic heterocycles. The Balaban J connectivity index is 1.36. The van der Waals surface area contributed by atoms with Gasteiger partial charge in [0.1, 0.15) is 5.56 Å². The van der Waals surface area contributed by atoms with E-state index < -0.39 is 0 Å². The van der Waals surface area contributed by atoms with E-state index in [0.717, 1.165) is 19.4 Å². The first-order chi connectivity index (χ1) is 14.2. The van der Waals surface area contributed by atoms with Crippen molar-refractivity contribution in [3.05, 3.63) is 30.2 Å². The highest BCUT2D eigenvalue weighted by molar-refractivity contribution is 5.99. The molecule has 2 amide bonds. The zero-order valence-corrected chi connectivity index (χ0v) is 16.5. The molecule has 1 saturated heterocycles. The molecule has 2 aliphatic rings. The lowest BCUT2D eigenvalue weighted by molar-refractivity contribution is -0.122. The van der Waals surface area contributed by atoms with Crippen LogP contribution in [-0.2, 0) is 4.79 Å². The van der Waals surface area contributed by atoms with Crippen molar-refractivity contribution in [1.29, 1.82) is 0 Å². The van der Waals surface area contributed by atoms with Crippen molar-refractivity contribution in [2.45, 2.75) is 44.2 Å². The van der Waals surface area contributed by atoms with Gasteiger partial charge in [0.05, 0.1) is 12.8 Å². The van der Waals surface area contributed by atoms with Gasteiger partial charge in [0, 0.05) is 50.5 Å². The molecule has 0 bridgehead atoms. The number of rotatable bonds is 9. The normalized spacial score (nSPS) is 22.1. The third kappa shape index (κ3) is 4.73. The van der Waals surface area contributed by atoms with Gasteiger partial charge in [-0.1, -0.05) is 0 Å². The van der Waals surface area contributed by atoms with Gasteiger partial charge in [-0.2, -0.15) is 5.10 Å². The lowest BCUT2D eigenvalue weighted by atomic mass is 10.1. The van der Waals surface area contributed by atoms with E-state index >= 15 is 0 Å². The highest BCUT2D eigenvalue weighted by Crippen LogP contribution is 2.35. The number of carbonyl (C=O) groups excluding carboxylic acids is 2. The first-order valence-electron chi connectivity index (χ1n) is 10.4. The second-order valence-corrected chi connectivity index (χ2v) is 7.96. The summed E-state index contributed by atoms with van der Waals surface area (Å²) in [5.74, 6) is 0.513. The van der Waals surface area contributed by atoms with Gasteiger partial charge in [0.2, 0.25) is 5.91 Å². The number of fused-ring (bicyclic) bond motifs is 1. The number of amides is 2. The molecule has 2 atom stereocenters. The highest BCUT2D eigenvalue weighted by atomic mass is 16.3. The van der Waals surface area contributed by atoms with Crippen LogP contribution < -0.4 is 10.6 Å². The molecule has 1 saturated carbocycles. The molecule has 2 aromatic rings. The molecule has 3 heterocycles. The first kappa shape index (κ1) is 19.8. The number of nitrogens with one attached hydrogen (secondary N) is 2. The number of likely N-dealkylation sites (tertiary alicyclic amines) is 1. The molecule has 2 fully saturated rings. The molecule has 0 radical (unpaired) electrons. The van der Waals surface area contributed by atoms with Crippen LogP contribution in [0.5, 0.6) is 0 Å². The van der Waals surface area contributed by atoms with Gasteiger partial charge in [0.15, 0.2) is 5.65 Å². The second kappa shape index (κ2) is 8.87. The molecule has 1 aliphatic heterocycles. The van der Waals surface area contributed by atoms with Gasteiger partial charge in [0.25, 0.3) is 5.91 Å².